The van der Waals surface area contributed by atoms with Crippen LogP contribution in [0, 0.1) is 6.92 Å². The molecule has 1 aromatic carbocycles. The first-order valence-electron chi connectivity index (χ1n) is 6.09. The minimum absolute atomic E-state index is 0.0246. The fourth-order valence-electron chi connectivity index (χ4n) is 1.71. The van der Waals surface area contributed by atoms with E-state index in [1.807, 2.05) is 13.8 Å². The van der Waals surface area contributed by atoms with E-state index in [1.54, 1.807) is 18.3 Å². The standard InChI is InChI=1S/C14H16F2N2O/c1-9-7-18-14(19-9)10(2)17-8-11-3-5-12(6-4-11)13(15)16/h3-7,10,13,17H,8H2,1-2H3. The number of rotatable bonds is 5. The smallest absolute Gasteiger partial charge is 0.263 e. The maximum absolute atomic E-state index is 12.4. The predicted molar refractivity (Wildman–Crippen MR) is 67.9 cm³/mol. The van der Waals surface area contributed by atoms with Gasteiger partial charge in [0.05, 0.1) is 12.2 Å². The van der Waals surface area contributed by atoms with Gasteiger partial charge in [-0.2, -0.15) is 0 Å². The molecule has 2 rings (SSSR count). The Morgan fingerprint density at radius 1 is 1.26 bits per heavy atom. The number of oxazole rings is 1. The van der Waals surface area contributed by atoms with Crippen molar-refractivity contribution >= 4 is 0 Å². The van der Waals surface area contributed by atoms with Crippen LogP contribution in [0.25, 0.3) is 0 Å². The SMILES string of the molecule is Cc1cnc(C(C)NCc2ccc(C(F)F)cc2)o1. The average Bonchev–Trinajstić information content (AvgIpc) is 2.83. The zero-order valence-electron chi connectivity index (χ0n) is 10.9. The average molecular weight is 266 g/mol. The molecule has 3 nitrogen and oxygen atoms in total. The first-order chi connectivity index (χ1) is 9.06. The number of halogens is 2. The van der Waals surface area contributed by atoms with Gasteiger partial charge in [0.25, 0.3) is 6.43 Å². The molecule has 102 valence electrons. The number of nitrogens with one attached hydrogen (secondary N) is 1. The second-order valence-corrected chi connectivity index (χ2v) is 4.45. The van der Waals surface area contributed by atoms with Crippen LogP contribution in [0.4, 0.5) is 8.78 Å². The van der Waals surface area contributed by atoms with Crippen LogP contribution in [0.1, 0.15) is 42.2 Å². The highest BCUT2D eigenvalue weighted by Crippen LogP contribution is 2.19. The maximum atomic E-state index is 12.4. The molecule has 1 atom stereocenters. The predicted octanol–water partition coefficient (Wildman–Crippen LogP) is 3.77. The van der Waals surface area contributed by atoms with Crippen molar-refractivity contribution in [1.29, 1.82) is 0 Å². The van der Waals surface area contributed by atoms with E-state index in [1.165, 1.54) is 12.1 Å². The summed E-state index contributed by atoms with van der Waals surface area (Å²) in [5.41, 5.74) is 0.986. The topological polar surface area (TPSA) is 38.1 Å². The van der Waals surface area contributed by atoms with Gasteiger partial charge < -0.3 is 9.73 Å². The highest BCUT2D eigenvalue weighted by Gasteiger charge is 2.11. The Kier molecular flexibility index (Phi) is 4.27. The van der Waals surface area contributed by atoms with E-state index in [2.05, 4.69) is 10.3 Å². The monoisotopic (exact) mass is 266 g/mol. The molecule has 0 aliphatic heterocycles. The van der Waals surface area contributed by atoms with E-state index >= 15 is 0 Å². The minimum atomic E-state index is -2.42. The fourth-order valence-corrected chi connectivity index (χ4v) is 1.71. The molecule has 1 N–H and O–H groups in total. The third-order valence-corrected chi connectivity index (χ3v) is 2.85. The Bertz CT molecular complexity index is 522. The third kappa shape index (κ3) is 3.61. The van der Waals surface area contributed by atoms with Crippen LogP contribution in [0.15, 0.2) is 34.9 Å². The highest BCUT2D eigenvalue weighted by atomic mass is 19.3. The van der Waals surface area contributed by atoms with Crippen molar-refractivity contribution in [3.63, 3.8) is 0 Å². The second kappa shape index (κ2) is 5.93. The van der Waals surface area contributed by atoms with E-state index in [0.29, 0.717) is 12.4 Å². The lowest BCUT2D eigenvalue weighted by Crippen LogP contribution is -2.18. The second-order valence-electron chi connectivity index (χ2n) is 4.45. The van der Waals surface area contributed by atoms with E-state index in [9.17, 15) is 8.78 Å². The van der Waals surface area contributed by atoms with Gasteiger partial charge in [-0.25, -0.2) is 13.8 Å². The van der Waals surface area contributed by atoms with Gasteiger partial charge >= 0.3 is 0 Å². The minimum Gasteiger partial charge on any atom is -0.444 e. The summed E-state index contributed by atoms with van der Waals surface area (Å²) in [6, 6.07) is 6.26. The lowest BCUT2D eigenvalue weighted by atomic mass is 10.1. The van der Waals surface area contributed by atoms with E-state index in [-0.39, 0.29) is 11.6 Å². The van der Waals surface area contributed by atoms with E-state index in [0.717, 1.165) is 11.3 Å². The largest absolute Gasteiger partial charge is 0.444 e. The van der Waals surface area contributed by atoms with Gasteiger partial charge in [-0.05, 0) is 19.4 Å². The highest BCUT2D eigenvalue weighted by molar-refractivity contribution is 5.23. The molecule has 1 aromatic heterocycles. The summed E-state index contributed by atoms with van der Waals surface area (Å²) in [6.45, 7) is 4.36. The molecule has 1 heterocycles. The Hall–Kier alpha value is -1.75. The number of hydrogen-bond donors (Lipinski definition) is 1. The maximum Gasteiger partial charge on any atom is 0.263 e. The molecule has 0 radical (unpaired) electrons. The zero-order chi connectivity index (χ0) is 13.8. The van der Waals surface area contributed by atoms with Crippen molar-refractivity contribution in [1.82, 2.24) is 10.3 Å². The van der Waals surface area contributed by atoms with Crippen LogP contribution in [-0.2, 0) is 6.54 Å². The molecular formula is C14H16F2N2O. The van der Waals surface area contributed by atoms with Gasteiger partial charge in [0, 0.05) is 12.1 Å². The molecule has 2 aromatic rings. The summed E-state index contributed by atoms with van der Waals surface area (Å²) >= 11 is 0. The Labute approximate surface area is 110 Å². The molecule has 0 bridgehead atoms. The molecule has 0 aliphatic carbocycles. The number of nitrogens with zero attached hydrogens (tertiary/aromatic N) is 1. The van der Waals surface area contributed by atoms with Crippen LogP contribution in [0.5, 0.6) is 0 Å². The summed E-state index contributed by atoms with van der Waals surface area (Å²) in [7, 11) is 0. The van der Waals surface area contributed by atoms with Gasteiger partial charge in [-0.1, -0.05) is 24.3 Å². The van der Waals surface area contributed by atoms with Gasteiger partial charge in [0.2, 0.25) is 5.89 Å². The summed E-state index contributed by atoms with van der Waals surface area (Å²) in [5, 5.41) is 3.23. The molecule has 0 amide bonds. The van der Waals surface area contributed by atoms with Crippen molar-refractivity contribution in [2.75, 3.05) is 0 Å². The van der Waals surface area contributed by atoms with Gasteiger partial charge in [0.15, 0.2) is 0 Å². The molecule has 0 saturated carbocycles. The van der Waals surface area contributed by atoms with Gasteiger partial charge in [-0.3, -0.25) is 0 Å². The van der Waals surface area contributed by atoms with Crippen molar-refractivity contribution < 1.29 is 13.2 Å². The van der Waals surface area contributed by atoms with Crippen LogP contribution in [0.2, 0.25) is 0 Å². The van der Waals surface area contributed by atoms with Crippen molar-refractivity contribution in [3.05, 3.63) is 53.2 Å². The summed E-state index contributed by atoms with van der Waals surface area (Å²) < 4.78 is 30.2. The molecule has 0 aliphatic rings. The van der Waals surface area contributed by atoms with E-state index in [4.69, 9.17) is 4.42 Å². The Morgan fingerprint density at radius 2 is 1.95 bits per heavy atom. The number of hydrogen-bond acceptors (Lipinski definition) is 3. The number of alkyl halides is 2. The third-order valence-electron chi connectivity index (χ3n) is 2.85. The van der Waals surface area contributed by atoms with Gasteiger partial charge in [-0.15, -0.1) is 0 Å². The first-order valence-corrected chi connectivity index (χ1v) is 6.09. The van der Waals surface area contributed by atoms with Crippen LogP contribution in [0.3, 0.4) is 0 Å². The first kappa shape index (κ1) is 13.7. The van der Waals surface area contributed by atoms with Crippen LogP contribution >= 0.6 is 0 Å². The van der Waals surface area contributed by atoms with Crippen molar-refractivity contribution in [3.8, 4) is 0 Å². The van der Waals surface area contributed by atoms with Crippen molar-refractivity contribution in [2.24, 2.45) is 0 Å². The molecule has 0 spiro atoms. The quantitative estimate of drug-likeness (QED) is 0.895. The molecule has 5 heteroatoms. The summed E-state index contributed by atoms with van der Waals surface area (Å²) in [4.78, 5) is 4.14. The Balaban J connectivity index is 1.91. The summed E-state index contributed by atoms with van der Waals surface area (Å²) in [6.07, 6.45) is -0.749. The van der Waals surface area contributed by atoms with Crippen molar-refractivity contribution in [2.45, 2.75) is 32.9 Å². The van der Waals surface area contributed by atoms with Gasteiger partial charge in [0.1, 0.15) is 5.76 Å². The van der Waals surface area contributed by atoms with Crippen LogP contribution in [-0.4, -0.2) is 4.98 Å². The normalized spacial score (nSPS) is 12.9. The lowest BCUT2D eigenvalue weighted by molar-refractivity contribution is 0.151. The Morgan fingerprint density at radius 3 is 2.47 bits per heavy atom. The van der Waals surface area contributed by atoms with E-state index < -0.39 is 6.43 Å². The molecular weight excluding hydrogens is 250 g/mol. The zero-order valence-corrected chi connectivity index (χ0v) is 10.9. The molecule has 0 fully saturated rings. The molecule has 19 heavy (non-hydrogen) atoms. The number of aromatic nitrogens is 1. The molecule has 1 unspecified atom stereocenters. The number of aryl methyl sites for hydroxylation is 1. The summed E-state index contributed by atoms with van der Waals surface area (Å²) in [5.74, 6) is 1.40. The van der Waals surface area contributed by atoms with Crippen LogP contribution < -0.4 is 5.32 Å². The number of benzene rings is 1. The lowest BCUT2D eigenvalue weighted by Gasteiger charge is -2.10. The fraction of sp³-hybridized carbons (Fsp3) is 0.357. The molecule has 0 saturated heterocycles.